The van der Waals surface area contributed by atoms with E-state index in [1.54, 1.807) is 0 Å². The average molecular weight is 252 g/mol. The lowest BCUT2D eigenvalue weighted by atomic mass is 9.75. The van der Waals surface area contributed by atoms with Gasteiger partial charge in [-0.2, -0.15) is 0 Å². The Balaban J connectivity index is 2.50. The van der Waals surface area contributed by atoms with E-state index in [1.165, 1.54) is 0 Å². The molecule has 0 aromatic carbocycles. The Hall–Kier alpha value is -0.640. The maximum absolute atomic E-state index is 10.0. The summed E-state index contributed by atoms with van der Waals surface area (Å²) in [7, 11) is 0. The van der Waals surface area contributed by atoms with Crippen molar-refractivity contribution < 1.29 is 15.3 Å². The molecule has 3 atom stereocenters. The van der Waals surface area contributed by atoms with Crippen LogP contribution in [-0.4, -0.2) is 22.1 Å². The Morgan fingerprint density at radius 1 is 1.33 bits per heavy atom. The Morgan fingerprint density at radius 2 is 2.00 bits per heavy atom. The fraction of sp³-hybridized carbons (Fsp3) is 0.733. The van der Waals surface area contributed by atoms with Gasteiger partial charge in [-0.05, 0) is 48.7 Å². The quantitative estimate of drug-likeness (QED) is 0.556. The number of hydrogen-bond acceptors (Lipinski definition) is 3. The van der Waals surface area contributed by atoms with E-state index >= 15 is 0 Å². The number of allylic oxidation sites excluding steroid dienone is 1. The highest BCUT2D eigenvalue weighted by Crippen LogP contribution is 2.51. The Morgan fingerprint density at radius 3 is 2.61 bits per heavy atom. The SMILES string of the molecule is CC1=CC2=CC(C)(C)C[C@]2(OO)[C@H](C)CC[C@@H]1O. The van der Waals surface area contributed by atoms with Gasteiger partial charge in [0, 0.05) is 0 Å². The fourth-order valence-electron chi connectivity index (χ4n) is 3.38. The molecule has 2 aliphatic rings. The van der Waals surface area contributed by atoms with Crippen LogP contribution in [0.1, 0.15) is 47.0 Å². The lowest BCUT2D eigenvalue weighted by Gasteiger charge is -2.37. The zero-order valence-electron chi connectivity index (χ0n) is 11.7. The fourth-order valence-corrected chi connectivity index (χ4v) is 3.38. The van der Waals surface area contributed by atoms with Gasteiger partial charge in [0.15, 0.2) is 0 Å². The van der Waals surface area contributed by atoms with Crippen LogP contribution in [-0.2, 0) is 4.89 Å². The number of aliphatic hydroxyl groups is 1. The third-order valence-electron chi connectivity index (χ3n) is 4.49. The molecule has 0 aromatic rings. The molecule has 0 bridgehead atoms. The highest BCUT2D eigenvalue weighted by atomic mass is 17.1. The minimum absolute atomic E-state index is 0.0123. The third-order valence-corrected chi connectivity index (χ3v) is 4.49. The van der Waals surface area contributed by atoms with Gasteiger partial charge in [0.1, 0.15) is 5.60 Å². The Kier molecular flexibility index (Phi) is 3.43. The summed E-state index contributed by atoms with van der Waals surface area (Å²) in [5.41, 5.74) is 1.37. The van der Waals surface area contributed by atoms with Crippen LogP contribution >= 0.6 is 0 Å². The van der Waals surface area contributed by atoms with Crippen LogP contribution in [0.4, 0.5) is 0 Å². The molecule has 0 spiro atoms. The molecule has 102 valence electrons. The van der Waals surface area contributed by atoms with Gasteiger partial charge in [-0.1, -0.05) is 32.9 Å². The molecule has 0 saturated carbocycles. The molecule has 0 unspecified atom stereocenters. The van der Waals surface area contributed by atoms with Gasteiger partial charge in [0.25, 0.3) is 0 Å². The summed E-state index contributed by atoms with van der Waals surface area (Å²) < 4.78 is 0. The van der Waals surface area contributed by atoms with E-state index in [-0.39, 0.29) is 17.4 Å². The summed E-state index contributed by atoms with van der Waals surface area (Å²) in [4.78, 5) is 4.98. The van der Waals surface area contributed by atoms with Gasteiger partial charge in [0.05, 0.1) is 6.10 Å². The van der Waals surface area contributed by atoms with Gasteiger partial charge in [-0.3, -0.25) is 5.26 Å². The molecule has 2 aliphatic carbocycles. The van der Waals surface area contributed by atoms with Crippen LogP contribution in [0.25, 0.3) is 0 Å². The number of rotatable bonds is 1. The minimum atomic E-state index is -0.606. The summed E-state index contributed by atoms with van der Waals surface area (Å²) in [6.07, 6.45) is 6.14. The zero-order valence-corrected chi connectivity index (χ0v) is 11.7. The monoisotopic (exact) mass is 252 g/mol. The second kappa shape index (κ2) is 4.48. The minimum Gasteiger partial charge on any atom is -0.389 e. The summed E-state index contributed by atoms with van der Waals surface area (Å²) in [6, 6.07) is 0. The molecule has 3 heteroatoms. The van der Waals surface area contributed by atoms with Crippen molar-refractivity contribution in [2.45, 2.75) is 58.7 Å². The highest BCUT2D eigenvalue weighted by molar-refractivity contribution is 5.40. The second-order valence-electron chi connectivity index (χ2n) is 6.63. The van der Waals surface area contributed by atoms with Crippen LogP contribution in [0.3, 0.4) is 0 Å². The van der Waals surface area contributed by atoms with Crippen molar-refractivity contribution in [1.82, 2.24) is 0 Å². The summed E-state index contributed by atoms with van der Waals surface area (Å²) in [5.74, 6) is 0.189. The molecule has 0 amide bonds. The zero-order chi connectivity index (χ0) is 13.6. The smallest absolute Gasteiger partial charge is 0.131 e. The molecule has 0 fully saturated rings. The Labute approximate surface area is 109 Å². The van der Waals surface area contributed by atoms with E-state index in [1.807, 2.05) is 13.0 Å². The van der Waals surface area contributed by atoms with Gasteiger partial charge in [0.2, 0.25) is 0 Å². The van der Waals surface area contributed by atoms with Crippen molar-refractivity contribution >= 4 is 0 Å². The van der Waals surface area contributed by atoms with E-state index in [4.69, 9.17) is 4.89 Å². The molecule has 0 aromatic heterocycles. The van der Waals surface area contributed by atoms with Crippen LogP contribution in [0.5, 0.6) is 0 Å². The molecule has 18 heavy (non-hydrogen) atoms. The topological polar surface area (TPSA) is 49.7 Å². The normalized spacial score (nSPS) is 39.4. The van der Waals surface area contributed by atoms with Crippen molar-refractivity contribution in [2.75, 3.05) is 0 Å². The molecular formula is C15H24O3. The molecular weight excluding hydrogens is 228 g/mol. The summed E-state index contributed by atoms with van der Waals surface area (Å²) >= 11 is 0. The number of aliphatic hydroxyl groups excluding tert-OH is 1. The second-order valence-corrected chi connectivity index (χ2v) is 6.63. The van der Waals surface area contributed by atoms with Crippen molar-refractivity contribution in [3.05, 3.63) is 23.3 Å². The average Bonchev–Trinajstić information content (AvgIpc) is 2.56. The van der Waals surface area contributed by atoms with Crippen LogP contribution in [0, 0.1) is 11.3 Å². The largest absolute Gasteiger partial charge is 0.389 e. The van der Waals surface area contributed by atoms with Crippen molar-refractivity contribution in [1.29, 1.82) is 0 Å². The first-order valence-corrected chi connectivity index (χ1v) is 6.73. The first kappa shape index (κ1) is 13.8. The predicted molar refractivity (Wildman–Crippen MR) is 71.1 cm³/mol. The van der Waals surface area contributed by atoms with E-state index in [0.717, 1.165) is 30.4 Å². The summed E-state index contributed by atoms with van der Waals surface area (Å²) in [5, 5.41) is 19.5. The standard InChI is InChI=1S/C15H24O3/c1-10-7-12-8-14(3,4)9-15(12,18-17)11(2)5-6-13(10)16/h7-8,11,13,16-17H,5-6,9H2,1-4H3/t11-,13+,15+/m1/s1. The van der Waals surface area contributed by atoms with Crippen LogP contribution in [0.15, 0.2) is 23.3 Å². The maximum atomic E-state index is 10.0. The van der Waals surface area contributed by atoms with Gasteiger partial charge in [-0.25, -0.2) is 4.89 Å². The molecule has 0 heterocycles. The van der Waals surface area contributed by atoms with E-state index in [2.05, 4.69) is 26.8 Å². The van der Waals surface area contributed by atoms with E-state index in [9.17, 15) is 10.4 Å². The predicted octanol–water partition coefficient (Wildman–Crippen LogP) is 3.31. The highest BCUT2D eigenvalue weighted by Gasteiger charge is 2.50. The molecule has 0 aliphatic heterocycles. The summed E-state index contributed by atoms with van der Waals surface area (Å²) in [6.45, 7) is 8.33. The molecule has 2 rings (SSSR count). The van der Waals surface area contributed by atoms with Crippen molar-refractivity contribution in [2.24, 2.45) is 11.3 Å². The maximum Gasteiger partial charge on any atom is 0.131 e. The lowest BCUT2D eigenvalue weighted by molar-refractivity contribution is -0.326. The van der Waals surface area contributed by atoms with Gasteiger partial charge in [-0.15, -0.1) is 0 Å². The van der Waals surface area contributed by atoms with Crippen LogP contribution < -0.4 is 0 Å². The molecule has 0 radical (unpaired) electrons. The molecule has 3 nitrogen and oxygen atoms in total. The van der Waals surface area contributed by atoms with Crippen LogP contribution in [0.2, 0.25) is 0 Å². The molecule has 0 saturated heterocycles. The van der Waals surface area contributed by atoms with E-state index < -0.39 is 5.60 Å². The van der Waals surface area contributed by atoms with Crippen molar-refractivity contribution in [3.63, 3.8) is 0 Å². The number of fused-ring (bicyclic) bond motifs is 1. The van der Waals surface area contributed by atoms with Gasteiger partial charge < -0.3 is 5.11 Å². The Bertz CT molecular complexity index is 395. The lowest BCUT2D eigenvalue weighted by Crippen LogP contribution is -2.41. The first-order valence-electron chi connectivity index (χ1n) is 6.73. The third kappa shape index (κ3) is 2.15. The molecule has 2 N–H and O–H groups in total. The number of hydrogen-bond donors (Lipinski definition) is 2. The first-order chi connectivity index (χ1) is 8.31. The van der Waals surface area contributed by atoms with E-state index in [0.29, 0.717) is 0 Å². The van der Waals surface area contributed by atoms with Gasteiger partial charge >= 0.3 is 0 Å². The van der Waals surface area contributed by atoms with Crippen molar-refractivity contribution in [3.8, 4) is 0 Å².